The summed E-state index contributed by atoms with van der Waals surface area (Å²) in [7, 11) is -3.82. The minimum Gasteiger partial charge on any atom is -0.338 e. The molecule has 1 fully saturated rings. The molecule has 2 aromatic carbocycles. The molecule has 3 heterocycles. The first-order chi connectivity index (χ1) is 15.9. The van der Waals surface area contributed by atoms with E-state index in [-0.39, 0.29) is 21.4 Å². The fraction of sp³-hybridized carbons (Fsp3) is 0.333. The number of nitrogens with zero attached hydrogens (tertiary/aromatic N) is 4. The van der Waals surface area contributed by atoms with Crippen molar-refractivity contribution in [1.29, 1.82) is 0 Å². The van der Waals surface area contributed by atoms with Crippen LogP contribution in [0.5, 0.6) is 0 Å². The number of halogens is 1. The van der Waals surface area contributed by atoms with Crippen molar-refractivity contribution in [1.82, 2.24) is 14.5 Å². The monoisotopic (exact) mass is 484 g/mol. The van der Waals surface area contributed by atoms with Crippen LogP contribution >= 0.6 is 11.6 Å². The van der Waals surface area contributed by atoms with Gasteiger partial charge >= 0.3 is 0 Å². The molecule has 0 radical (unpaired) electrons. The van der Waals surface area contributed by atoms with Gasteiger partial charge in [-0.05, 0) is 55.5 Å². The fourth-order valence-electron chi connectivity index (χ4n) is 4.73. The number of hydrogen-bond acceptors (Lipinski definition) is 4. The Morgan fingerprint density at radius 3 is 2.61 bits per heavy atom. The van der Waals surface area contributed by atoms with Gasteiger partial charge in [0.25, 0.3) is 15.9 Å². The number of aromatic nitrogens is 2. The summed E-state index contributed by atoms with van der Waals surface area (Å²) in [6, 6.07) is 12.3. The van der Waals surface area contributed by atoms with Crippen LogP contribution in [0.15, 0.2) is 66.1 Å². The van der Waals surface area contributed by atoms with Gasteiger partial charge in [-0.3, -0.25) is 9.10 Å². The number of benzene rings is 2. The number of aryl methyl sites for hydroxylation is 1. The topological polar surface area (TPSA) is 75.5 Å². The van der Waals surface area contributed by atoms with E-state index in [0.29, 0.717) is 31.4 Å². The standard InChI is InChI=1S/C24H25ClN4O3S/c25-22-8-7-20(33(31,32)29-12-3-5-18-4-1-2-6-23(18)29)16-21(22)24(30)27-13-9-19(10-14-27)28-15-11-26-17-28/h1-2,4,6-8,11,15-17,19H,3,5,9-10,12-14H2. The molecule has 0 N–H and O–H groups in total. The normalized spacial score (nSPS) is 17.1. The van der Waals surface area contributed by atoms with Crippen LogP contribution in [0.4, 0.5) is 5.69 Å². The van der Waals surface area contributed by atoms with E-state index in [1.807, 2.05) is 30.5 Å². The molecule has 7 nitrogen and oxygen atoms in total. The van der Waals surface area contributed by atoms with Gasteiger partial charge in [0.2, 0.25) is 0 Å². The van der Waals surface area contributed by atoms with E-state index in [1.165, 1.54) is 22.5 Å². The first-order valence-electron chi connectivity index (χ1n) is 11.1. The highest BCUT2D eigenvalue weighted by molar-refractivity contribution is 7.92. The molecular formula is C24H25ClN4O3S. The van der Waals surface area contributed by atoms with Gasteiger partial charge in [-0.1, -0.05) is 29.8 Å². The van der Waals surface area contributed by atoms with Gasteiger partial charge in [-0.15, -0.1) is 0 Å². The fourth-order valence-corrected chi connectivity index (χ4v) is 6.49. The molecule has 0 spiro atoms. The highest BCUT2D eigenvalue weighted by Gasteiger charge is 2.31. The van der Waals surface area contributed by atoms with E-state index in [0.717, 1.165) is 31.2 Å². The largest absolute Gasteiger partial charge is 0.338 e. The Morgan fingerprint density at radius 2 is 1.85 bits per heavy atom. The van der Waals surface area contributed by atoms with Crippen LogP contribution in [0.25, 0.3) is 0 Å². The molecular weight excluding hydrogens is 460 g/mol. The SMILES string of the molecule is O=C(c1cc(S(=O)(=O)N2CCCc3ccccc32)ccc1Cl)N1CCC(n2ccnc2)CC1. The van der Waals surface area contributed by atoms with Crippen LogP contribution in [-0.4, -0.2) is 48.4 Å². The highest BCUT2D eigenvalue weighted by atomic mass is 35.5. The van der Waals surface area contributed by atoms with Gasteiger partial charge in [0.1, 0.15) is 0 Å². The number of piperidine rings is 1. The molecule has 2 aliphatic rings. The smallest absolute Gasteiger partial charge is 0.264 e. The molecule has 3 aromatic rings. The maximum atomic E-state index is 13.5. The number of carbonyl (C=O) groups is 1. The summed E-state index contributed by atoms with van der Waals surface area (Å²) >= 11 is 6.37. The second kappa shape index (κ2) is 8.83. The molecule has 0 bridgehead atoms. The molecule has 0 atom stereocenters. The maximum Gasteiger partial charge on any atom is 0.264 e. The van der Waals surface area contributed by atoms with Gasteiger partial charge in [-0.25, -0.2) is 13.4 Å². The summed E-state index contributed by atoms with van der Waals surface area (Å²) in [5.74, 6) is -0.236. The molecule has 1 amide bonds. The van der Waals surface area contributed by atoms with Crippen molar-refractivity contribution in [3.63, 3.8) is 0 Å². The minimum absolute atomic E-state index is 0.0836. The summed E-state index contributed by atoms with van der Waals surface area (Å²) in [5.41, 5.74) is 1.94. The molecule has 5 rings (SSSR count). The van der Waals surface area contributed by atoms with Crippen LogP contribution in [0, 0.1) is 0 Å². The van der Waals surface area contributed by atoms with Crippen molar-refractivity contribution in [2.24, 2.45) is 0 Å². The van der Waals surface area contributed by atoms with Crippen LogP contribution in [0.2, 0.25) is 5.02 Å². The summed E-state index contributed by atoms with van der Waals surface area (Å²) in [6.07, 6.45) is 8.70. The second-order valence-electron chi connectivity index (χ2n) is 8.48. The van der Waals surface area contributed by atoms with Crippen LogP contribution < -0.4 is 4.31 Å². The number of imidazole rings is 1. The number of fused-ring (bicyclic) bond motifs is 1. The number of likely N-dealkylation sites (tertiary alicyclic amines) is 1. The lowest BCUT2D eigenvalue weighted by Crippen LogP contribution is -2.39. The number of carbonyl (C=O) groups excluding carboxylic acids is 1. The summed E-state index contributed by atoms with van der Waals surface area (Å²) in [6.45, 7) is 1.57. The van der Waals surface area contributed by atoms with E-state index in [1.54, 1.807) is 17.4 Å². The lowest BCUT2D eigenvalue weighted by Gasteiger charge is -2.33. The van der Waals surface area contributed by atoms with E-state index in [2.05, 4.69) is 9.55 Å². The number of rotatable bonds is 4. The van der Waals surface area contributed by atoms with Crippen LogP contribution in [0.3, 0.4) is 0 Å². The van der Waals surface area contributed by atoms with Crippen molar-refractivity contribution < 1.29 is 13.2 Å². The Bertz CT molecular complexity index is 1270. The molecule has 0 unspecified atom stereocenters. The quantitative estimate of drug-likeness (QED) is 0.557. The van der Waals surface area contributed by atoms with Gasteiger partial charge in [-0.2, -0.15) is 0 Å². The van der Waals surface area contributed by atoms with Gasteiger partial charge in [0, 0.05) is 38.1 Å². The Morgan fingerprint density at radius 1 is 1.06 bits per heavy atom. The number of anilines is 1. The van der Waals surface area contributed by atoms with Crippen molar-refractivity contribution in [2.75, 3.05) is 23.9 Å². The number of hydrogen-bond donors (Lipinski definition) is 0. The lowest BCUT2D eigenvalue weighted by atomic mass is 10.0. The summed E-state index contributed by atoms with van der Waals surface area (Å²) < 4.78 is 30.6. The van der Waals surface area contributed by atoms with E-state index < -0.39 is 10.0 Å². The van der Waals surface area contributed by atoms with Crippen molar-refractivity contribution in [2.45, 2.75) is 36.6 Å². The van der Waals surface area contributed by atoms with E-state index in [9.17, 15) is 13.2 Å². The Balaban J connectivity index is 1.39. The third-order valence-corrected chi connectivity index (χ3v) is 8.66. The predicted octanol–water partition coefficient (Wildman–Crippen LogP) is 4.16. The highest BCUT2D eigenvalue weighted by Crippen LogP contribution is 2.33. The van der Waals surface area contributed by atoms with Crippen LogP contribution in [0.1, 0.15) is 41.2 Å². The molecule has 2 aliphatic heterocycles. The Labute approximate surface area is 198 Å². The zero-order valence-electron chi connectivity index (χ0n) is 18.1. The van der Waals surface area contributed by atoms with Gasteiger partial charge in [0.15, 0.2) is 0 Å². The summed E-state index contributed by atoms with van der Waals surface area (Å²) in [4.78, 5) is 19.2. The minimum atomic E-state index is -3.82. The molecule has 1 saturated heterocycles. The second-order valence-corrected chi connectivity index (χ2v) is 10.8. The van der Waals surface area contributed by atoms with Crippen LogP contribution in [-0.2, 0) is 16.4 Å². The molecule has 1 aromatic heterocycles. The van der Waals surface area contributed by atoms with E-state index >= 15 is 0 Å². The van der Waals surface area contributed by atoms with Crippen molar-refractivity contribution in [3.8, 4) is 0 Å². The molecule has 0 saturated carbocycles. The first-order valence-corrected chi connectivity index (χ1v) is 12.9. The maximum absolute atomic E-state index is 13.5. The third-order valence-electron chi connectivity index (χ3n) is 6.52. The van der Waals surface area contributed by atoms with E-state index in [4.69, 9.17) is 11.6 Å². The predicted molar refractivity (Wildman–Crippen MR) is 127 cm³/mol. The third kappa shape index (κ3) is 4.13. The molecule has 33 heavy (non-hydrogen) atoms. The van der Waals surface area contributed by atoms with Crippen molar-refractivity contribution >= 4 is 33.2 Å². The lowest BCUT2D eigenvalue weighted by molar-refractivity contribution is 0.0694. The zero-order chi connectivity index (χ0) is 23.0. The Kier molecular flexibility index (Phi) is 5.88. The number of amides is 1. The zero-order valence-corrected chi connectivity index (χ0v) is 19.7. The summed E-state index contributed by atoms with van der Waals surface area (Å²) in [5, 5.41) is 0.259. The average Bonchev–Trinajstić information content (AvgIpc) is 3.38. The average molecular weight is 485 g/mol. The van der Waals surface area contributed by atoms with Gasteiger partial charge < -0.3 is 9.47 Å². The first kappa shape index (κ1) is 22.0. The molecule has 172 valence electrons. The van der Waals surface area contributed by atoms with Crippen molar-refractivity contribution in [3.05, 3.63) is 77.3 Å². The molecule has 9 heteroatoms. The molecule has 0 aliphatic carbocycles. The number of para-hydroxylation sites is 1. The number of sulfonamides is 1. The Hall–Kier alpha value is -2.84. The van der Waals surface area contributed by atoms with Gasteiger partial charge in [0.05, 0.1) is 27.5 Å².